The van der Waals surface area contributed by atoms with Gasteiger partial charge in [-0.15, -0.1) is 0 Å². The Morgan fingerprint density at radius 1 is 1.27 bits per heavy atom. The summed E-state index contributed by atoms with van der Waals surface area (Å²) in [5.74, 6) is 1.04. The molecule has 2 N–H and O–H groups in total. The summed E-state index contributed by atoms with van der Waals surface area (Å²) >= 11 is 0. The van der Waals surface area contributed by atoms with Gasteiger partial charge >= 0.3 is 6.03 Å². The second kappa shape index (κ2) is 6.56. The van der Waals surface area contributed by atoms with Gasteiger partial charge in [0.25, 0.3) is 0 Å². The Kier molecular flexibility index (Phi) is 4.32. The lowest BCUT2D eigenvalue weighted by atomic mass is 10.1. The van der Waals surface area contributed by atoms with Gasteiger partial charge in [-0.05, 0) is 48.9 Å². The van der Waals surface area contributed by atoms with Gasteiger partial charge in [0.15, 0.2) is 0 Å². The highest BCUT2D eigenvalue weighted by atomic mass is 16.2. The molecule has 114 valence electrons. The Morgan fingerprint density at radius 3 is 2.73 bits per heavy atom. The minimum absolute atomic E-state index is 0.0314. The van der Waals surface area contributed by atoms with E-state index in [1.165, 1.54) is 0 Å². The highest BCUT2D eigenvalue weighted by Crippen LogP contribution is 2.40. The molecule has 0 spiro atoms. The van der Waals surface area contributed by atoms with Crippen molar-refractivity contribution in [2.45, 2.75) is 32.2 Å². The lowest BCUT2D eigenvalue weighted by Crippen LogP contribution is -2.34. The number of hydrogen-bond acceptors (Lipinski definition) is 3. The number of anilines is 1. The van der Waals surface area contributed by atoms with E-state index in [4.69, 9.17) is 0 Å². The summed E-state index contributed by atoms with van der Waals surface area (Å²) in [6.45, 7) is 2.07. The molecule has 1 aliphatic carbocycles. The zero-order chi connectivity index (χ0) is 15.4. The molecule has 0 radical (unpaired) electrons. The number of nitrogens with zero attached hydrogens (tertiary/aromatic N) is 2. The number of carbonyl (C=O) groups is 1. The lowest BCUT2D eigenvalue weighted by Gasteiger charge is -2.18. The molecule has 22 heavy (non-hydrogen) atoms. The number of nitrogens with one attached hydrogen (secondary N) is 2. The molecule has 2 amide bonds. The van der Waals surface area contributed by atoms with Crippen LogP contribution in [0.2, 0.25) is 0 Å². The molecule has 1 saturated carbocycles. The Morgan fingerprint density at radius 2 is 2.14 bits per heavy atom. The number of aromatic nitrogens is 2. The molecule has 0 aromatic carbocycles. The summed E-state index contributed by atoms with van der Waals surface area (Å²) in [7, 11) is 0. The van der Waals surface area contributed by atoms with Gasteiger partial charge in [0.05, 0.1) is 11.7 Å². The molecule has 2 aromatic rings. The zero-order valence-corrected chi connectivity index (χ0v) is 12.6. The summed E-state index contributed by atoms with van der Waals surface area (Å²) < 4.78 is 0. The molecule has 1 aliphatic rings. The maximum Gasteiger partial charge on any atom is 0.320 e. The summed E-state index contributed by atoms with van der Waals surface area (Å²) in [6.07, 6.45) is 6.74. The van der Waals surface area contributed by atoms with Crippen molar-refractivity contribution in [3.8, 4) is 0 Å². The van der Waals surface area contributed by atoms with Gasteiger partial charge in [0, 0.05) is 12.4 Å². The van der Waals surface area contributed by atoms with E-state index >= 15 is 0 Å². The van der Waals surface area contributed by atoms with Crippen LogP contribution in [0.15, 0.2) is 42.7 Å². The van der Waals surface area contributed by atoms with Crippen molar-refractivity contribution >= 4 is 11.8 Å². The second-order valence-electron chi connectivity index (χ2n) is 5.57. The van der Waals surface area contributed by atoms with Crippen molar-refractivity contribution in [1.29, 1.82) is 0 Å². The van der Waals surface area contributed by atoms with Crippen LogP contribution in [0.3, 0.4) is 0 Å². The Labute approximate surface area is 130 Å². The van der Waals surface area contributed by atoms with E-state index in [1.807, 2.05) is 30.3 Å². The first-order chi connectivity index (χ1) is 10.8. The number of amides is 2. The van der Waals surface area contributed by atoms with E-state index in [9.17, 15) is 4.79 Å². The summed E-state index contributed by atoms with van der Waals surface area (Å²) in [5.41, 5.74) is 2.06. The minimum atomic E-state index is -0.237. The largest absolute Gasteiger partial charge is 0.329 e. The number of hydrogen-bond donors (Lipinski definition) is 2. The third kappa shape index (κ3) is 3.61. The van der Waals surface area contributed by atoms with E-state index in [0.717, 1.165) is 30.5 Å². The highest BCUT2D eigenvalue weighted by molar-refractivity contribution is 5.88. The van der Waals surface area contributed by atoms with E-state index in [1.54, 1.807) is 12.4 Å². The monoisotopic (exact) mass is 296 g/mol. The molecule has 1 fully saturated rings. The van der Waals surface area contributed by atoms with Gasteiger partial charge in [-0.1, -0.05) is 19.1 Å². The summed E-state index contributed by atoms with van der Waals surface area (Å²) in [5, 5.41) is 5.81. The van der Waals surface area contributed by atoms with Gasteiger partial charge in [-0.2, -0.15) is 0 Å². The topological polar surface area (TPSA) is 66.9 Å². The molecule has 0 saturated heterocycles. The van der Waals surface area contributed by atoms with E-state index in [0.29, 0.717) is 11.7 Å². The molecule has 0 aliphatic heterocycles. The first kappa shape index (κ1) is 14.5. The van der Waals surface area contributed by atoms with Crippen LogP contribution in [0.4, 0.5) is 10.6 Å². The van der Waals surface area contributed by atoms with Crippen LogP contribution in [-0.4, -0.2) is 16.0 Å². The van der Waals surface area contributed by atoms with Gasteiger partial charge < -0.3 is 5.32 Å². The Hall–Kier alpha value is -2.43. The average molecular weight is 296 g/mol. The maximum absolute atomic E-state index is 12.2. The zero-order valence-electron chi connectivity index (χ0n) is 12.6. The van der Waals surface area contributed by atoms with Crippen molar-refractivity contribution < 1.29 is 4.79 Å². The highest BCUT2D eigenvalue weighted by Gasteiger charge is 2.34. The standard InChI is InChI=1S/C17H20N4O/c1-2-12-6-9-15(19-11-12)20-17(22)21-16(13-7-8-13)14-5-3-4-10-18-14/h3-6,9-11,13,16H,2,7-8H2,1H3,(H2,19,20,21,22). The van der Waals surface area contributed by atoms with Gasteiger partial charge in [0.2, 0.25) is 0 Å². The third-order valence-corrected chi connectivity index (χ3v) is 3.86. The molecule has 5 nitrogen and oxygen atoms in total. The van der Waals surface area contributed by atoms with Crippen LogP contribution in [0.25, 0.3) is 0 Å². The molecule has 5 heteroatoms. The Bertz CT molecular complexity index is 623. The maximum atomic E-state index is 12.2. The number of carbonyl (C=O) groups excluding carboxylic acids is 1. The lowest BCUT2D eigenvalue weighted by molar-refractivity contribution is 0.246. The fraction of sp³-hybridized carbons (Fsp3) is 0.353. The van der Waals surface area contributed by atoms with Gasteiger partial charge in [0.1, 0.15) is 5.82 Å². The molecule has 3 rings (SSSR count). The first-order valence-corrected chi connectivity index (χ1v) is 7.69. The van der Waals surface area contributed by atoms with Crippen molar-refractivity contribution in [2.75, 3.05) is 5.32 Å². The summed E-state index contributed by atoms with van der Waals surface area (Å²) in [6, 6.07) is 9.31. The second-order valence-corrected chi connectivity index (χ2v) is 5.57. The van der Waals surface area contributed by atoms with Crippen molar-refractivity contribution in [2.24, 2.45) is 5.92 Å². The van der Waals surface area contributed by atoms with Crippen molar-refractivity contribution in [1.82, 2.24) is 15.3 Å². The molecule has 2 aromatic heterocycles. The molecular formula is C17H20N4O. The van der Waals surface area contributed by atoms with Crippen molar-refractivity contribution in [3.05, 3.63) is 54.0 Å². The van der Waals surface area contributed by atoms with Gasteiger partial charge in [-0.3, -0.25) is 10.3 Å². The van der Waals surface area contributed by atoms with Crippen molar-refractivity contribution in [3.63, 3.8) is 0 Å². The van der Waals surface area contributed by atoms with Crippen LogP contribution in [0.1, 0.15) is 37.1 Å². The molecule has 1 atom stereocenters. The van der Waals surface area contributed by atoms with E-state index in [-0.39, 0.29) is 12.1 Å². The van der Waals surface area contributed by atoms with Gasteiger partial charge in [-0.25, -0.2) is 9.78 Å². The molecular weight excluding hydrogens is 276 g/mol. The number of rotatable bonds is 5. The fourth-order valence-corrected chi connectivity index (χ4v) is 2.42. The smallest absolute Gasteiger partial charge is 0.320 e. The SMILES string of the molecule is CCc1ccc(NC(=O)NC(c2ccccn2)C2CC2)nc1. The number of aryl methyl sites for hydroxylation is 1. The Balaban J connectivity index is 1.64. The third-order valence-electron chi connectivity index (χ3n) is 3.86. The average Bonchev–Trinajstić information content (AvgIpc) is 3.39. The fourth-order valence-electron chi connectivity index (χ4n) is 2.42. The van der Waals surface area contributed by atoms with Crippen LogP contribution in [0, 0.1) is 5.92 Å². The number of urea groups is 1. The first-order valence-electron chi connectivity index (χ1n) is 7.69. The number of pyridine rings is 2. The molecule has 0 bridgehead atoms. The van der Waals surface area contributed by atoms with Crippen LogP contribution < -0.4 is 10.6 Å². The molecule has 1 unspecified atom stereocenters. The predicted octanol–water partition coefficient (Wildman–Crippen LogP) is 3.31. The minimum Gasteiger partial charge on any atom is -0.329 e. The predicted molar refractivity (Wildman–Crippen MR) is 85.5 cm³/mol. The van der Waals surface area contributed by atoms with E-state index in [2.05, 4.69) is 27.5 Å². The summed E-state index contributed by atoms with van der Waals surface area (Å²) in [4.78, 5) is 20.8. The van der Waals surface area contributed by atoms with Crippen LogP contribution in [-0.2, 0) is 6.42 Å². The molecule has 2 heterocycles. The van der Waals surface area contributed by atoms with Crippen LogP contribution in [0.5, 0.6) is 0 Å². The van der Waals surface area contributed by atoms with Crippen LogP contribution >= 0.6 is 0 Å². The normalized spacial score (nSPS) is 15.1. The quantitative estimate of drug-likeness (QED) is 0.889. The van der Waals surface area contributed by atoms with E-state index < -0.39 is 0 Å².